The summed E-state index contributed by atoms with van der Waals surface area (Å²) in [6.45, 7) is 6.56. The van der Waals surface area contributed by atoms with Gasteiger partial charge in [0.1, 0.15) is 9.84 Å². The lowest BCUT2D eigenvalue weighted by Crippen LogP contribution is -2.34. The van der Waals surface area contributed by atoms with Crippen molar-refractivity contribution in [1.29, 1.82) is 0 Å². The van der Waals surface area contributed by atoms with Crippen molar-refractivity contribution in [1.82, 2.24) is 0 Å². The molecule has 1 aliphatic heterocycles. The molecule has 0 spiro atoms. The van der Waals surface area contributed by atoms with Crippen molar-refractivity contribution in [3.8, 4) is 0 Å². The van der Waals surface area contributed by atoms with Crippen LogP contribution in [0.25, 0.3) is 0 Å². The Balaban J connectivity index is 2.68. The molecule has 1 saturated heterocycles. The molecular weight excluding hydrogens is 172 g/mol. The van der Waals surface area contributed by atoms with Crippen LogP contribution < -0.4 is 0 Å². The van der Waals surface area contributed by atoms with E-state index in [2.05, 4.69) is 20.8 Å². The van der Waals surface area contributed by atoms with Gasteiger partial charge in [-0.2, -0.15) is 0 Å². The van der Waals surface area contributed by atoms with Crippen molar-refractivity contribution in [2.45, 2.75) is 33.6 Å². The minimum absolute atomic E-state index is 0.255. The summed E-state index contributed by atoms with van der Waals surface area (Å²) < 4.78 is 22.3. The second-order valence-corrected chi connectivity index (χ2v) is 6.76. The Morgan fingerprint density at radius 3 is 1.92 bits per heavy atom. The highest BCUT2D eigenvalue weighted by molar-refractivity contribution is 7.91. The molecule has 1 heterocycles. The van der Waals surface area contributed by atoms with E-state index in [1.165, 1.54) is 0 Å². The number of hydrogen-bond acceptors (Lipinski definition) is 2. The summed E-state index contributed by atoms with van der Waals surface area (Å²) >= 11 is 0. The van der Waals surface area contributed by atoms with Crippen molar-refractivity contribution < 1.29 is 8.42 Å². The van der Waals surface area contributed by atoms with Crippen molar-refractivity contribution >= 4 is 9.84 Å². The second kappa shape index (κ2) is 3.02. The van der Waals surface area contributed by atoms with E-state index in [1.807, 2.05) is 0 Å². The average Bonchev–Trinajstić information content (AvgIpc) is 1.96. The lowest BCUT2D eigenvalue weighted by atomic mass is 9.74. The predicted octanol–water partition coefficient (Wildman–Crippen LogP) is 1.86. The molecule has 12 heavy (non-hydrogen) atoms. The Labute approximate surface area is 75.3 Å². The third-order valence-electron chi connectivity index (χ3n) is 3.36. The first-order valence-electron chi connectivity index (χ1n) is 4.56. The van der Waals surface area contributed by atoms with Crippen LogP contribution >= 0.6 is 0 Å². The van der Waals surface area contributed by atoms with Crippen LogP contribution in [0.1, 0.15) is 33.6 Å². The van der Waals surface area contributed by atoms with E-state index in [0.29, 0.717) is 17.4 Å². The summed E-state index contributed by atoms with van der Waals surface area (Å²) in [7, 11) is -2.69. The monoisotopic (exact) mass is 190 g/mol. The maximum Gasteiger partial charge on any atom is 0.150 e. The summed E-state index contributed by atoms with van der Waals surface area (Å²) in [5.41, 5.74) is 0.255. The molecule has 0 N–H and O–H groups in total. The normalized spacial score (nSPS) is 27.3. The molecule has 0 aromatic rings. The van der Waals surface area contributed by atoms with E-state index < -0.39 is 9.84 Å². The van der Waals surface area contributed by atoms with Crippen LogP contribution in [0.3, 0.4) is 0 Å². The van der Waals surface area contributed by atoms with E-state index in [4.69, 9.17) is 0 Å². The van der Waals surface area contributed by atoms with Crippen molar-refractivity contribution in [3.63, 3.8) is 0 Å². The smallest absolute Gasteiger partial charge is 0.150 e. The van der Waals surface area contributed by atoms with Gasteiger partial charge in [0.15, 0.2) is 0 Å². The van der Waals surface area contributed by atoms with Crippen LogP contribution in [-0.2, 0) is 9.84 Å². The van der Waals surface area contributed by atoms with Gasteiger partial charge in [0, 0.05) is 0 Å². The molecule has 0 unspecified atom stereocenters. The van der Waals surface area contributed by atoms with Crippen molar-refractivity contribution in [2.75, 3.05) is 11.5 Å². The molecule has 0 aromatic carbocycles. The number of rotatable bonds is 1. The van der Waals surface area contributed by atoms with Gasteiger partial charge in [0.2, 0.25) is 0 Å². The van der Waals surface area contributed by atoms with E-state index >= 15 is 0 Å². The highest BCUT2D eigenvalue weighted by Crippen LogP contribution is 2.38. The van der Waals surface area contributed by atoms with Gasteiger partial charge >= 0.3 is 0 Å². The van der Waals surface area contributed by atoms with Crippen LogP contribution in [0.2, 0.25) is 0 Å². The lowest BCUT2D eigenvalue weighted by Gasteiger charge is -2.37. The Bertz CT molecular complexity index is 238. The predicted molar refractivity (Wildman–Crippen MR) is 50.8 cm³/mol. The van der Waals surface area contributed by atoms with Gasteiger partial charge in [0.05, 0.1) is 11.5 Å². The molecule has 0 atom stereocenters. The molecule has 2 nitrogen and oxygen atoms in total. The summed E-state index contributed by atoms with van der Waals surface area (Å²) in [6, 6.07) is 0. The van der Waals surface area contributed by atoms with Gasteiger partial charge < -0.3 is 0 Å². The van der Waals surface area contributed by atoms with Gasteiger partial charge in [-0.05, 0) is 24.2 Å². The highest BCUT2D eigenvalue weighted by atomic mass is 32.2. The van der Waals surface area contributed by atoms with Crippen LogP contribution in [0.4, 0.5) is 0 Å². The molecule has 1 rings (SSSR count). The molecule has 0 radical (unpaired) electrons. The van der Waals surface area contributed by atoms with Crippen LogP contribution in [-0.4, -0.2) is 19.9 Å². The minimum Gasteiger partial charge on any atom is -0.229 e. The lowest BCUT2D eigenvalue weighted by molar-refractivity contribution is 0.195. The fourth-order valence-electron chi connectivity index (χ4n) is 1.58. The Morgan fingerprint density at radius 2 is 1.58 bits per heavy atom. The standard InChI is InChI=1S/C9H18O2S/c1-8(2)9(3)4-6-12(10,11)7-5-9/h8H,4-7H2,1-3H3. The molecule has 72 valence electrons. The number of hydrogen-bond donors (Lipinski definition) is 0. The van der Waals surface area contributed by atoms with E-state index in [0.717, 1.165) is 12.8 Å². The molecule has 0 amide bonds. The average molecular weight is 190 g/mol. The first kappa shape index (κ1) is 10.0. The van der Waals surface area contributed by atoms with E-state index in [1.54, 1.807) is 0 Å². The maximum atomic E-state index is 11.2. The molecular formula is C9H18O2S. The molecule has 1 aliphatic rings. The third kappa shape index (κ3) is 2.00. The Morgan fingerprint density at radius 1 is 1.17 bits per heavy atom. The first-order valence-corrected chi connectivity index (χ1v) is 6.38. The quantitative estimate of drug-likeness (QED) is 0.632. The highest BCUT2D eigenvalue weighted by Gasteiger charge is 2.35. The third-order valence-corrected chi connectivity index (χ3v) is 5.01. The van der Waals surface area contributed by atoms with Gasteiger partial charge in [-0.1, -0.05) is 20.8 Å². The Hall–Kier alpha value is -0.0500. The molecule has 0 aliphatic carbocycles. The largest absolute Gasteiger partial charge is 0.229 e. The summed E-state index contributed by atoms with van der Waals surface area (Å²) in [5, 5.41) is 0. The zero-order chi connectivity index (χ0) is 9.41. The van der Waals surface area contributed by atoms with Crippen molar-refractivity contribution in [2.24, 2.45) is 11.3 Å². The SMILES string of the molecule is CC(C)C1(C)CCS(=O)(=O)CC1. The fourth-order valence-corrected chi connectivity index (χ4v) is 3.34. The zero-order valence-electron chi connectivity index (χ0n) is 8.13. The summed E-state index contributed by atoms with van der Waals surface area (Å²) in [5.74, 6) is 1.37. The van der Waals surface area contributed by atoms with Gasteiger partial charge in [-0.3, -0.25) is 0 Å². The topological polar surface area (TPSA) is 34.1 Å². The number of sulfone groups is 1. The van der Waals surface area contributed by atoms with Gasteiger partial charge in [0.25, 0.3) is 0 Å². The molecule has 0 saturated carbocycles. The Kier molecular flexibility index (Phi) is 2.52. The maximum absolute atomic E-state index is 11.2. The first-order chi connectivity index (χ1) is 5.36. The summed E-state index contributed by atoms with van der Waals surface area (Å²) in [6.07, 6.45) is 1.68. The molecule has 0 aromatic heterocycles. The van der Waals surface area contributed by atoms with Crippen LogP contribution in [0.5, 0.6) is 0 Å². The van der Waals surface area contributed by atoms with E-state index in [9.17, 15) is 8.42 Å². The fraction of sp³-hybridized carbons (Fsp3) is 1.00. The molecule has 1 fully saturated rings. The van der Waals surface area contributed by atoms with Gasteiger partial charge in [-0.15, -0.1) is 0 Å². The van der Waals surface area contributed by atoms with E-state index in [-0.39, 0.29) is 5.41 Å². The molecule has 0 bridgehead atoms. The second-order valence-electron chi connectivity index (χ2n) is 4.46. The van der Waals surface area contributed by atoms with Crippen LogP contribution in [0, 0.1) is 11.3 Å². The molecule has 3 heteroatoms. The minimum atomic E-state index is -2.69. The summed E-state index contributed by atoms with van der Waals surface area (Å²) in [4.78, 5) is 0. The van der Waals surface area contributed by atoms with Crippen LogP contribution in [0.15, 0.2) is 0 Å². The zero-order valence-corrected chi connectivity index (χ0v) is 8.95. The van der Waals surface area contributed by atoms with Gasteiger partial charge in [-0.25, -0.2) is 8.42 Å². The van der Waals surface area contributed by atoms with Crippen molar-refractivity contribution in [3.05, 3.63) is 0 Å².